The van der Waals surface area contributed by atoms with Crippen molar-refractivity contribution in [2.75, 3.05) is 0 Å². The Kier molecular flexibility index (Phi) is 4.57. The highest BCUT2D eigenvalue weighted by molar-refractivity contribution is 5.89. The molecule has 1 heterocycles. The molecule has 0 spiro atoms. The summed E-state index contributed by atoms with van der Waals surface area (Å²) in [4.78, 5) is 16.9. The molecule has 1 aliphatic rings. The zero-order chi connectivity index (χ0) is 17.8. The lowest BCUT2D eigenvalue weighted by molar-refractivity contribution is -0.130. The lowest BCUT2D eigenvalue weighted by atomic mass is 9.64. The van der Waals surface area contributed by atoms with E-state index < -0.39 is 0 Å². The smallest absolute Gasteiger partial charge is 0.230 e. The van der Waals surface area contributed by atoms with Gasteiger partial charge in [0, 0.05) is 25.5 Å². The molecule has 26 heavy (non-hydrogen) atoms. The standard InChI is InChI=1S/C22H23N3O/c26-21(22(11-4-12-22)20-5-2-1-3-6-20)24-15-18-7-9-19(10-8-18)16-25-14-13-23-17-25/h1-3,5-10,13-14,17H,4,11-12,15-16H2,(H,24,26). The van der Waals surface area contributed by atoms with Crippen molar-refractivity contribution in [3.63, 3.8) is 0 Å². The number of carbonyl (C=O) groups is 1. The number of amides is 1. The molecule has 1 fully saturated rings. The van der Waals surface area contributed by atoms with Gasteiger partial charge in [0.15, 0.2) is 0 Å². The lowest BCUT2D eigenvalue weighted by Gasteiger charge is -2.40. The first-order valence-electron chi connectivity index (χ1n) is 9.14. The van der Waals surface area contributed by atoms with Crippen molar-refractivity contribution in [1.82, 2.24) is 14.9 Å². The molecule has 0 atom stereocenters. The van der Waals surface area contributed by atoms with Gasteiger partial charge in [0.25, 0.3) is 0 Å². The Balaban J connectivity index is 1.38. The van der Waals surface area contributed by atoms with E-state index in [1.165, 1.54) is 5.56 Å². The molecule has 1 aromatic heterocycles. The van der Waals surface area contributed by atoms with Gasteiger partial charge in [0.1, 0.15) is 0 Å². The predicted octanol–water partition coefficient (Wildman–Crippen LogP) is 3.67. The molecule has 0 aliphatic heterocycles. The maximum atomic E-state index is 12.9. The van der Waals surface area contributed by atoms with Gasteiger partial charge in [-0.1, -0.05) is 61.0 Å². The van der Waals surface area contributed by atoms with Gasteiger partial charge in [0.05, 0.1) is 11.7 Å². The first-order valence-corrected chi connectivity index (χ1v) is 9.14. The van der Waals surface area contributed by atoms with Crippen LogP contribution in [0.15, 0.2) is 73.3 Å². The van der Waals surface area contributed by atoms with Crippen LogP contribution in [0, 0.1) is 0 Å². The highest BCUT2D eigenvalue weighted by Gasteiger charge is 2.45. The summed E-state index contributed by atoms with van der Waals surface area (Å²) < 4.78 is 2.04. The first-order chi connectivity index (χ1) is 12.8. The second-order valence-electron chi connectivity index (χ2n) is 7.04. The molecule has 0 bridgehead atoms. The van der Waals surface area contributed by atoms with Crippen molar-refractivity contribution in [2.45, 2.75) is 37.8 Å². The molecular weight excluding hydrogens is 322 g/mol. The Morgan fingerprint density at radius 2 is 1.77 bits per heavy atom. The maximum absolute atomic E-state index is 12.9. The third-order valence-corrected chi connectivity index (χ3v) is 5.37. The van der Waals surface area contributed by atoms with Crippen LogP contribution in [0.4, 0.5) is 0 Å². The number of aromatic nitrogens is 2. The molecular formula is C22H23N3O. The largest absolute Gasteiger partial charge is 0.351 e. The third kappa shape index (κ3) is 3.27. The van der Waals surface area contributed by atoms with Crippen LogP contribution in [0.25, 0.3) is 0 Å². The van der Waals surface area contributed by atoms with E-state index in [1.54, 1.807) is 6.20 Å². The summed E-state index contributed by atoms with van der Waals surface area (Å²) in [5.41, 5.74) is 3.15. The van der Waals surface area contributed by atoms with E-state index in [2.05, 4.69) is 46.7 Å². The number of nitrogens with one attached hydrogen (secondary N) is 1. The van der Waals surface area contributed by atoms with Crippen molar-refractivity contribution in [3.8, 4) is 0 Å². The van der Waals surface area contributed by atoms with E-state index in [9.17, 15) is 4.79 Å². The van der Waals surface area contributed by atoms with Crippen molar-refractivity contribution in [3.05, 3.63) is 90.0 Å². The Hall–Kier alpha value is -2.88. The van der Waals surface area contributed by atoms with Crippen LogP contribution < -0.4 is 5.32 Å². The highest BCUT2D eigenvalue weighted by atomic mass is 16.2. The van der Waals surface area contributed by atoms with Gasteiger partial charge < -0.3 is 9.88 Å². The fraction of sp³-hybridized carbons (Fsp3) is 0.273. The van der Waals surface area contributed by atoms with Gasteiger partial charge in [-0.15, -0.1) is 0 Å². The van der Waals surface area contributed by atoms with E-state index in [4.69, 9.17) is 0 Å². The minimum absolute atomic E-state index is 0.150. The van der Waals surface area contributed by atoms with E-state index >= 15 is 0 Å². The molecule has 3 aromatic rings. The van der Waals surface area contributed by atoms with E-state index in [-0.39, 0.29) is 11.3 Å². The number of hydrogen-bond donors (Lipinski definition) is 1. The molecule has 4 heteroatoms. The van der Waals surface area contributed by atoms with Crippen molar-refractivity contribution in [2.24, 2.45) is 0 Å². The second kappa shape index (κ2) is 7.16. The van der Waals surface area contributed by atoms with Crippen molar-refractivity contribution < 1.29 is 4.79 Å². The Labute approximate surface area is 153 Å². The zero-order valence-corrected chi connectivity index (χ0v) is 14.8. The summed E-state index contributed by atoms with van der Waals surface area (Å²) in [5, 5.41) is 3.15. The molecule has 2 aromatic carbocycles. The minimum atomic E-state index is -0.331. The third-order valence-electron chi connectivity index (χ3n) is 5.37. The second-order valence-corrected chi connectivity index (χ2v) is 7.04. The minimum Gasteiger partial charge on any atom is -0.351 e. The Morgan fingerprint density at radius 1 is 1.04 bits per heavy atom. The van der Waals surface area contributed by atoms with Crippen LogP contribution in [-0.4, -0.2) is 15.5 Å². The molecule has 0 unspecified atom stereocenters. The van der Waals surface area contributed by atoms with Crippen LogP contribution in [-0.2, 0) is 23.3 Å². The Morgan fingerprint density at radius 3 is 2.38 bits per heavy atom. The molecule has 132 valence electrons. The van der Waals surface area contributed by atoms with Gasteiger partial charge in [-0.2, -0.15) is 0 Å². The molecule has 1 amide bonds. The zero-order valence-electron chi connectivity index (χ0n) is 14.8. The van der Waals surface area contributed by atoms with Crippen LogP contribution in [0.3, 0.4) is 0 Å². The van der Waals surface area contributed by atoms with Gasteiger partial charge in [-0.3, -0.25) is 4.79 Å². The van der Waals surface area contributed by atoms with Gasteiger partial charge in [-0.05, 0) is 29.5 Å². The fourth-order valence-electron chi connectivity index (χ4n) is 3.64. The van der Waals surface area contributed by atoms with Crippen LogP contribution in [0.1, 0.15) is 36.0 Å². The SMILES string of the molecule is O=C(NCc1ccc(Cn2ccnc2)cc1)C1(c2ccccc2)CCC1. The topological polar surface area (TPSA) is 46.9 Å². The first kappa shape index (κ1) is 16.6. The summed E-state index contributed by atoms with van der Waals surface area (Å²) in [6.07, 6.45) is 8.54. The molecule has 0 radical (unpaired) electrons. The van der Waals surface area contributed by atoms with E-state index in [0.717, 1.165) is 36.9 Å². The predicted molar refractivity (Wildman–Crippen MR) is 102 cm³/mol. The molecule has 1 aliphatic carbocycles. The lowest BCUT2D eigenvalue weighted by Crippen LogP contribution is -2.48. The molecule has 1 saturated carbocycles. The quantitative estimate of drug-likeness (QED) is 0.741. The normalized spacial score (nSPS) is 15.2. The van der Waals surface area contributed by atoms with Gasteiger partial charge >= 0.3 is 0 Å². The number of imidazole rings is 1. The summed E-state index contributed by atoms with van der Waals surface area (Å²) in [6.45, 7) is 1.38. The number of carbonyl (C=O) groups excluding carboxylic acids is 1. The summed E-state index contributed by atoms with van der Waals surface area (Å²) in [5.74, 6) is 0.150. The molecule has 4 rings (SSSR count). The van der Waals surface area contributed by atoms with E-state index in [1.807, 2.05) is 35.3 Å². The number of hydrogen-bond acceptors (Lipinski definition) is 2. The van der Waals surface area contributed by atoms with Gasteiger partial charge in [0.2, 0.25) is 5.91 Å². The average molecular weight is 345 g/mol. The summed E-state index contributed by atoms with van der Waals surface area (Å²) in [7, 11) is 0. The average Bonchev–Trinajstić information content (AvgIpc) is 3.14. The van der Waals surface area contributed by atoms with Gasteiger partial charge in [-0.25, -0.2) is 4.98 Å². The van der Waals surface area contributed by atoms with Crippen molar-refractivity contribution in [1.29, 1.82) is 0 Å². The van der Waals surface area contributed by atoms with Crippen LogP contribution in [0.2, 0.25) is 0 Å². The van der Waals surface area contributed by atoms with Crippen LogP contribution in [0.5, 0.6) is 0 Å². The maximum Gasteiger partial charge on any atom is 0.230 e. The molecule has 0 saturated heterocycles. The number of nitrogens with zero attached hydrogens (tertiary/aromatic N) is 2. The van der Waals surface area contributed by atoms with E-state index in [0.29, 0.717) is 6.54 Å². The number of benzene rings is 2. The fourth-order valence-corrected chi connectivity index (χ4v) is 3.64. The highest BCUT2D eigenvalue weighted by Crippen LogP contribution is 2.43. The molecule has 1 N–H and O–H groups in total. The van der Waals surface area contributed by atoms with Crippen molar-refractivity contribution >= 4 is 5.91 Å². The summed E-state index contributed by atoms with van der Waals surface area (Å²) >= 11 is 0. The molecule has 4 nitrogen and oxygen atoms in total. The monoisotopic (exact) mass is 345 g/mol. The summed E-state index contributed by atoms with van der Waals surface area (Å²) in [6, 6.07) is 18.6. The van der Waals surface area contributed by atoms with Crippen LogP contribution >= 0.6 is 0 Å². The Bertz CT molecular complexity index is 850. The number of rotatable bonds is 6.